The van der Waals surface area contributed by atoms with E-state index in [0.717, 1.165) is 26.2 Å². The van der Waals surface area contributed by atoms with Crippen molar-refractivity contribution in [2.24, 2.45) is 5.92 Å². The molecule has 5 nitrogen and oxygen atoms in total. The number of carbonyl (C=O) groups excluding carboxylic acids is 1. The molecule has 0 aromatic carbocycles. The van der Waals surface area contributed by atoms with Crippen LogP contribution in [0, 0.1) is 12.8 Å². The highest BCUT2D eigenvalue weighted by Gasteiger charge is 2.36. The average Bonchev–Trinajstić information content (AvgIpc) is 2.79. The monoisotopic (exact) mass is 288 g/mol. The van der Waals surface area contributed by atoms with Gasteiger partial charge in [0.05, 0.1) is 5.56 Å². The molecule has 114 valence electrons. The third kappa shape index (κ3) is 3.07. The van der Waals surface area contributed by atoms with Crippen molar-refractivity contribution in [2.45, 2.75) is 39.2 Å². The molecule has 3 aliphatic heterocycles. The smallest absolute Gasteiger partial charge is 0.257 e. The van der Waals surface area contributed by atoms with Gasteiger partial charge in [-0.2, -0.15) is 0 Å². The number of amides is 1. The molecule has 0 aliphatic carbocycles. The van der Waals surface area contributed by atoms with Gasteiger partial charge in [-0.15, -0.1) is 0 Å². The third-order valence-corrected chi connectivity index (χ3v) is 4.65. The van der Waals surface area contributed by atoms with Gasteiger partial charge in [-0.25, -0.2) is 9.97 Å². The van der Waals surface area contributed by atoms with Crippen LogP contribution in [0.15, 0.2) is 12.4 Å². The Labute approximate surface area is 126 Å². The van der Waals surface area contributed by atoms with Crippen LogP contribution in [0.4, 0.5) is 0 Å². The Balaban J connectivity index is 1.74. The number of carbonyl (C=O) groups is 1. The summed E-state index contributed by atoms with van der Waals surface area (Å²) in [6.45, 7) is 8.09. The molecule has 0 saturated carbocycles. The van der Waals surface area contributed by atoms with Gasteiger partial charge in [0, 0.05) is 38.1 Å². The number of nitrogens with zero attached hydrogens (tertiary/aromatic N) is 4. The zero-order chi connectivity index (χ0) is 14.8. The van der Waals surface area contributed by atoms with Crippen molar-refractivity contribution in [1.29, 1.82) is 0 Å². The SMILES string of the molecule is CCCN1C[C@H]2CC[C@@H]1CN(C(=O)c1cnc(C)nc1)C2. The quantitative estimate of drug-likeness (QED) is 0.850. The molecule has 3 saturated heterocycles. The van der Waals surface area contributed by atoms with E-state index >= 15 is 0 Å². The number of rotatable bonds is 3. The summed E-state index contributed by atoms with van der Waals surface area (Å²) in [4.78, 5) is 25.6. The maximum atomic E-state index is 12.7. The largest absolute Gasteiger partial charge is 0.337 e. The minimum Gasteiger partial charge on any atom is -0.337 e. The number of hydrogen-bond acceptors (Lipinski definition) is 4. The van der Waals surface area contributed by atoms with E-state index < -0.39 is 0 Å². The molecule has 2 atom stereocenters. The minimum absolute atomic E-state index is 0.0882. The summed E-state index contributed by atoms with van der Waals surface area (Å²) in [6.07, 6.45) is 6.96. The first-order valence-corrected chi connectivity index (χ1v) is 7.99. The molecule has 3 fully saturated rings. The molecule has 1 aromatic heterocycles. The van der Waals surface area contributed by atoms with Crippen molar-refractivity contribution in [1.82, 2.24) is 19.8 Å². The molecule has 1 aromatic rings. The maximum Gasteiger partial charge on any atom is 0.257 e. The molecule has 21 heavy (non-hydrogen) atoms. The van der Waals surface area contributed by atoms with Crippen LogP contribution in [-0.4, -0.2) is 57.9 Å². The topological polar surface area (TPSA) is 49.3 Å². The van der Waals surface area contributed by atoms with Crippen molar-refractivity contribution in [3.8, 4) is 0 Å². The second-order valence-corrected chi connectivity index (χ2v) is 6.32. The van der Waals surface area contributed by atoms with Crippen LogP contribution in [0.25, 0.3) is 0 Å². The van der Waals surface area contributed by atoms with Crippen LogP contribution < -0.4 is 0 Å². The molecule has 5 heteroatoms. The fraction of sp³-hybridized carbons (Fsp3) is 0.688. The number of aryl methyl sites for hydroxylation is 1. The lowest BCUT2D eigenvalue weighted by Crippen LogP contribution is -2.44. The highest BCUT2D eigenvalue weighted by atomic mass is 16.2. The summed E-state index contributed by atoms with van der Waals surface area (Å²) in [6, 6.07) is 0.527. The van der Waals surface area contributed by atoms with Gasteiger partial charge in [-0.3, -0.25) is 9.69 Å². The van der Waals surface area contributed by atoms with Gasteiger partial charge in [-0.1, -0.05) is 6.92 Å². The molecule has 4 heterocycles. The van der Waals surface area contributed by atoms with Crippen molar-refractivity contribution < 1.29 is 4.79 Å². The Morgan fingerprint density at radius 2 is 2.00 bits per heavy atom. The summed E-state index contributed by atoms with van der Waals surface area (Å²) in [5.41, 5.74) is 0.615. The minimum atomic E-state index is 0.0882. The lowest BCUT2D eigenvalue weighted by molar-refractivity contribution is 0.0737. The van der Waals surface area contributed by atoms with E-state index in [1.165, 1.54) is 19.3 Å². The van der Waals surface area contributed by atoms with E-state index in [-0.39, 0.29) is 5.91 Å². The molecule has 0 N–H and O–H groups in total. The van der Waals surface area contributed by atoms with Crippen molar-refractivity contribution in [3.05, 3.63) is 23.8 Å². The zero-order valence-corrected chi connectivity index (χ0v) is 13.0. The lowest BCUT2D eigenvalue weighted by Gasteiger charge is -2.35. The Bertz CT molecular complexity index is 502. The maximum absolute atomic E-state index is 12.7. The standard InChI is InChI=1S/C16H24N4O/c1-3-6-19-9-13-4-5-15(19)11-20(10-13)16(21)14-7-17-12(2)18-8-14/h7-8,13,15H,3-6,9-11H2,1-2H3/t13-,15-/m1/s1. The second kappa shape index (κ2) is 6.10. The van der Waals surface area contributed by atoms with E-state index in [0.29, 0.717) is 23.3 Å². The summed E-state index contributed by atoms with van der Waals surface area (Å²) < 4.78 is 0. The molecule has 3 aliphatic rings. The number of aromatic nitrogens is 2. The van der Waals surface area contributed by atoms with Crippen LogP contribution in [0.2, 0.25) is 0 Å². The first-order valence-electron chi connectivity index (χ1n) is 7.99. The molecular weight excluding hydrogens is 264 g/mol. The first-order chi connectivity index (χ1) is 10.2. The molecule has 0 radical (unpaired) electrons. The van der Waals surface area contributed by atoms with E-state index in [9.17, 15) is 4.79 Å². The van der Waals surface area contributed by atoms with E-state index in [1.54, 1.807) is 12.4 Å². The Kier molecular flexibility index (Phi) is 4.19. The van der Waals surface area contributed by atoms with Gasteiger partial charge in [0.1, 0.15) is 5.82 Å². The van der Waals surface area contributed by atoms with Gasteiger partial charge in [0.15, 0.2) is 0 Å². The fourth-order valence-electron chi connectivity index (χ4n) is 3.59. The molecule has 2 bridgehead atoms. The van der Waals surface area contributed by atoms with Gasteiger partial charge >= 0.3 is 0 Å². The van der Waals surface area contributed by atoms with Crippen LogP contribution in [0.3, 0.4) is 0 Å². The fourth-order valence-corrected chi connectivity index (χ4v) is 3.59. The van der Waals surface area contributed by atoms with Crippen LogP contribution in [0.1, 0.15) is 42.4 Å². The molecule has 1 amide bonds. The lowest BCUT2D eigenvalue weighted by atomic mass is 9.95. The number of hydrogen-bond donors (Lipinski definition) is 0. The number of piperidine rings is 1. The third-order valence-electron chi connectivity index (χ3n) is 4.65. The Morgan fingerprint density at radius 3 is 2.71 bits per heavy atom. The van der Waals surface area contributed by atoms with Crippen LogP contribution >= 0.6 is 0 Å². The van der Waals surface area contributed by atoms with E-state index in [4.69, 9.17) is 0 Å². The second-order valence-electron chi connectivity index (χ2n) is 6.32. The van der Waals surface area contributed by atoms with Gasteiger partial charge in [0.25, 0.3) is 5.91 Å². The van der Waals surface area contributed by atoms with Crippen molar-refractivity contribution in [2.75, 3.05) is 26.2 Å². The van der Waals surface area contributed by atoms with Crippen LogP contribution in [0.5, 0.6) is 0 Å². The Hall–Kier alpha value is -1.49. The van der Waals surface area contributed by atoms with Gasteiger partial charge in [-0.05, 0) is 38.6 Å². The molecule has 0 spiro atoms. The summed E-state index contributed by atoms with van der Waals surface area (Å²) in [5, 5.41) is 0. The van der Waals surface area contributed by atoms with Gasteiger partial charge in [0.2, 0.25) is 0 Å². The van der Waals surface area contributed by atoms with E-state index in [1.807, 2.05) is 11.8 Å². The predicted molar refractivity (Wildman–Crippen MR) is 81.0 cm³/mol. The summed E-state index contributed by atoms with van der Waals surface area (Å²) >= 11 is 0. The Morgan fingerprint density at radius 1 is 1.24 bits per heavy atom. The predicted octanol–water partition coefficient (Wildman–Crippen LogP) is 1.73. The molecule has 0 unspecified atom stereocenters. The van der Waals surface area contributed by atoms with Crippen molar-refractivity contribution >= 4 is 5.91 Å². The summed E-state index contributed by atoms with van der Waals surface area (Å²) in [5.74, 6) is 1.41. The first kappa shape index (κ1) is 14.4. The summed E-state index contributed by atoms with van der Waals surface area (Å²) in [7, 11) is 0. The molecule has 4 rings (SSSR count). The number of fused-ring (bicyclic) bond motifs is 4. The highest BCUT2D eigenvalue weighted by Crippen LogP contribution is 2.28. The normalized spacial score (nSPS) is 25.9. The van der Waals surface area contributed by atoms with E-state index in [2.05, 4.69) is 21.8 Å². The van der Waals surface area contributed by atoms with Crippen molar-refractivity contribution in [3.63, 3.8) is 0 Å². The molecular formula is C16H24N4O. The zero-order valence-electron chi connectivity index (χ0n) is 13.0. The highest BCUT2D eigenvalue weighted by molar-refractivity contribution is 5.93. The van der Waals surface area contributed by atoms with Gasteiger partial charge < -0.3 is 4.90 Å². The van der Waals surface area contributed by atoms with Crippen LogP contribution in [-0.2, 0) is 0 Å². The average molecular weight is 288 g/mol.